The molecule has 0 saturated heterocycles. The highest BCUT2D eigenvalue weighted by atomic mass is 32.2. The van der Waals surface area contributed by atoms with E-state index < -0.39 is 0 Å². The van der Waals surface area contributed by atoms with Gasteiger partial charge in [-0.15, -0.1) is 11.8 Å². The number of benzene rings is 1. The highest BCUT2D eigenvalue weighted by molar-refractivity contribution is 7.98. The number of nitro benzene ring substituents is 1. The summed E-state index contributed by atoms with van der Waals surface area (Å²) in [7, 11) is 1.67. The number of nitro groups is 1. The standard InChI is InChI=1S/C13H14N2O3S/c1-9-13(5-6-18-9)19-8-10-3-4-11(14-2)12(7-10)15(16)17/h3-7,14H,8H2,1-2H3. The summed E-state index contributed by atoms with van der Waals surface area (Å²) in [6.07, 6.45) is 1.64. The molecule has 0 saturated carbocycles. The van der Waals surface area contributed by atoms with E-state index in [9.17, 15) is 10.1 Å². The number of hydrogen-bond acceptors (Lipinski definition) is 5. The Hall–Kier alpha value is -1.95. The van der Waals surface area contributed by atoms with E-state index in [2.05, 4.69) is 5.32 Å². The maximum atomic E-state index is 11.0. The quantitative estimate of drug-likeness (QED) is 0.511. The molecular weight excluding hydrogens is 264 g/mol. The Morgan fingerprint density at radius 3 is 2.79 bits per heavy atom. The third-order valence-electron chi connectivity index (χ3n) is 2.73. The van der Waals surface area contributed by atoms with Crippen molar-refractivity contribution in [2.24, 2.45) is 0 Å². The van der Waals surface area contributed by atoms with Gasteiger partial charge in [0.1, 0.15) is 11.4 Å². The van der Waals surface area contributed by atoms with E-state index in [1.165, 1.54) is 0 Å². The Morgan fingerprint density at radius 2 is 2.21 bits per heavy atom. The predicted octanol–water partition coefficient (Wildman–Crippen LogP) is 3.83. The second-order valence-electron chi connectivity index (χ2n) is 3.99. The zero-order valence-corrected chi connectivity index (χ0v) is 11.5. The van der Waals surface area contributed by atoms with E-state index in [0.29, 0.717) is 11.4 Å². The summed E-state index contributed by atoms with van der Waals surface area (Å²) < 4.78 is 5.21. The van der Waals surface area contributed by atoms with Gasteiger partial charge in [0.05, 0.1) is 11.2 Å². The minimum absolute atomic E-state index is 0.101. The summed E-state index contributed by atoms with van der Waals surface area (Å²) in [6, 6.07) is 7.13. The molecule has 0 unspecified atom stereocenters. The number of nitrogens with one attached hydrogen (secondary N) is 1. The van der Waals surface area contributed by atoms with Crippen molar-refractivity contribution >= 4 is 23.1 Å². The molecule has 2 aromatic rings. The number of aryl methyl sites for hydroxylation is 1. The first-order valence-electron chi connectivity index (χ1n) is 5.73. The zero-order valence-electron chi connectivity index (χ0n) is 10.7. The van der Waals surface area contributed by atoms with E-state index in [1.54, 1.807) is 37.2 Å². The lowest BCUT2D eigenvalue weighted by molar-refractivity contribution is -0.384. The third kappa shape index (κ3) is 3.08. The number of nitrogens with zero attached hydrogens (tertiary/aromatic N) is 1. The second-order valence-corrected chi connectivity index (χ2v) is 5.01. The van der Waals surface area contributed by atoms with Crippen molar-refractivity contribution in [1.82, 2.24) is 0 Å². The van der Waals surface area contributed by atoms with Crippen LogP contribution in [0.1, 0.15) is 11.3 Å². The monoisotopic (exact) mass is 278 g/mol. The first-order chi connectivity index (χ1) is 9.11. The van der Waals surface area contributed by atoms with E-state index in [0.717, 1.165) is 16.2 Å². The van der Waals surface area contributed by atoms with E-state index >= 15 is 0 Å². The molecule has 0 aliphatic carbocycles. The normalized spacial score (nSPS) is 10.4. The second kappa shape index (κ2) is 5.79. The Labute approximate surface area is 115 Å². The molecule has 5 nitrogen and oxygen atoms in total. The minimum atomic E-state index is -0.372. The fourth-order valence-electron chi connectivity index (χ4n) is 1.71. The molecule has 0 aliphatic rings. The van der Waals surface area contributed by atoms with Crippen LogP contribution in [0.15, 0.2) is 39.8 Å². The Morgan fingerprint density at radius 1 is 1.42 bits per heavy atom. The molecule has 0 amide bonds. The van der Waals surface area contributed by atoms with Crippen molar-refractivity contribution in [2.45, 2.75) is 17.6 Å². The van der Waals surface area contributed by atoms with Gasteiger partial charge >= 0.3 is 0 Å². The summed E-state index contributed by atoms with van der Waals surface area (Å²) in [5.41, 5.74) is 1.54. The van der Waals surface area contributed by atoms with Crippen molar-refractivity contribution in [3.05, 3.63) is 52.0 Å². The van der Waals surface area contributed by atoms with Gasteiger partial charge in [-0.3, -0.25) is 10.1 Å². The lowest BCUT2D eigenvalue weighted by Gasteiger charge is -2.05. The van der Waals surface area contributed by atoms with Gasteiger partial charge < -0.3 is 9.73 Å². The molecule has 19 heavy (non-hydrogen) atoms. The molecule has 0 radical (unpaired) electrons. The first kappa shape index (κ1) is 13.5. The van der Waals surface area contributed by atoms with Crippen LogP contribution < -0.4 is 5.32 Å². The van der Waals surface area contributed by atoms with Crippen LogP contribution in [0.5, 0.6) is 0 Å². The molecule has 0 spiro atoms. The van der Waals surface area contributed by atoms with Gasteiger partial charge in [-0.25, -0.2) is 0 Å². The molecule has 1 aromatic heterocycles. The maximum absolute atomic E-state index is 11.0. The summed E-state index contributed by atoms with van der Waals surface area (Å²) in [5, 5.41) is 13.8. The van der Waals surface area contributed by atoms with Gasteiger partial charge in [0.2, 0.25) is 0 Å². The average Bonchev–Trinajstić information content (AvgIpc) is 2.81. The lowest BCUT2D eigenvalue weighted by Crippen LogP contribution is -1.97. The lowest BCUT2D eigenvalue weighted by atomic mass is 10.2. The molecule has 0 fully saturated rings. The maximum Gasteiger partial charge on any atom is 0.292 e. The van der Waals surface area contributed by atoms with E-state index in [4.69, 9.17) is 4.42 Å². The number of furan rings is 1. The molecule has 2 rings (SSSR count). The van der Waals surface area contributed by atoms with Gasteiger partial charge in [0.15, 0.2) is 0 Å². The smallest absolute Gasteiger partial charge is 0.292 e. The van der Waals surface area contributed by atoms with Crippen LogP contribution >= 0.6 is 11.8 Å². The molecule has 1 N–H and O–H groups in total. The van der Waals surface area contributed by atoms with Crippen LogP contribution in [0.25, 0.3) is 0 Å². The SMILES string of the molecule is CNc1ccc(CSc2ccoc2C)cc1[N+](=O)[O-]. The summed E-state index contributed by atoms with van der Waals surface area (Å²) in [4.78, 5) is 11.6. The van der Waals surface area contributed by atoms with Crippen LogP contribution in [0, 0.1) is 17.0 Å². The third-order valence-corrected chi connectivity index (χ3v) is 3.95. The zero-order chi connectivity index (χ0) is 13.8. The Balaban J connectivity index is 2.15. The Bertz CT molecular complexity index is 595. The van der Waals surface area contributed by atoms with Gasteiger partial charge in [-0.1, -0.05) is 6.07 Å². The van der Waals surface area contributed by atoms with Crippen molar-refractivity contribution in [1.29, 1.82) is 0 Å². The average molecular weight is 278 g/mol. The number of hydrogen-bond donors (Lipinski definition) is 1. The highest BCUT2D eigenvalue weighted by Gasteiger charge is 2.13. The molecule has 6 heteroatoms. The molecule has 0 atom stereocenters. The largest absolute Gasteiger partial charge is 0.468 e. The van der Waals surface area contributed by atoms with Gasteiger partial charge in [0.25, 0.3) is 5.69 Å². The van der Waals surface area contributed by atoms with Gasteiger partial charge in [-0.2, -0.15) is 0 Å². The van der Waals surface area contributed by atoms with Gasteiger partial charge in [-0.05, 0) is 24.6 Å². The first-order valence-corrected chi connectivity index (χ1v) is 6.72. The van der Waals surface area contributed by atoms with Crippen LogP contribution in [0.2, 0.25) is 0 Å². The fourth-order valence-corrected chi connectivity index (χ4v) is 2.62. The fraction of sp³-hybridized carbons (Fsp3) is 0.231. The van der Waals surface area contributed by atoms with Crippen molar-refractivity contribution in [3.63, 3.8) is 0 Å². The molecule has 1 heterocycles. The van der Waals surface area contributed by atoms with Crippen LogP contribution in [-0.4, -0.2) is 12.0 Å². The van der Waals surface area contributed by atoms with Gasteiger partial charge in [0, 0.05) is 23.8 Å². The summed E-state index contributed by atoms with van der Waals surface area (Å²) in [6.45, 7) is 1.90. The minimum Gasteiger partial charge on any atom is -0.468 e. The highest BCUT2D eigenvalue weighted by Crippen LogP contribution is 2.30. The van der Waals surface area contributed by atoms with E-state index in [1.807, 2.05) is 19.1 Å². The molecular formula is C13H14N2O3S. The molecule has 0 aliphatic heterocycles. The van der Waals surface area contributed by atoms with Crippen LogP contribution in [0.4, 0.5) is 11.4 Å². The Kier molecular flexibility index (Phi) is 4.11. The molecule has 100 valence electrons. The van der Waals surface area contributed by atoms with Crippen molar-refractivity contribution in [3.8, 4) is 0 Å². The number of thioether (sulfide) groups is 1. The number of rotatable bonds is 5. The van der Waals surface area contributed by atoms with E-state index in [-0.39, 0.29) is 10.6 Å². The summed E-state index contributed by atoms with van der Waals surface area (Å²) in [5.74, 6) is 1.54. The topological polar surface area (TPSA) is 68.3 Å². The molecule has 1 aromatic carbocycles. The summed E-state index contributed by atoms with van der Waals surface area (Å²) >= 11 is 1.60. The predicted molar refractivity (Wildman–Crippen MR) is 75.6 cm³/mol. The van der Waals surface area contributed by atoms with Crippen LogP contribution in [-0.2, 0) is 5.75 Å². The number of anilines is 1. The van der Waals surface area contributed by atoms with Crippen LogP contribution in [0.3, 0.4) is 0 Å². The van der Waals surface area contributed by atoms with Crippen molar-refractivity contribution < 1.29 is 9.34 Å². The molecule has 0 bridgehead atoms. The van der Waals surface area contributed by atoms with Crippen molar-refractivity contribution in [2.75, 3.05) is 12.4 Å².